The van der Waals surface area contributed by atoms with Gasteiger partial charge in [-0.3, -0.25) is 0 Å². The van der Waals surface area contributed by atoms with Gasteiger partial charge in [-0.2, -0.15) is 0 Å². The molecule has 0 radical (unpaired) electrons. The van der Waals surface area contributed by atoms with E-state index in [1.807, 2.05) is 0 Å². The molecule has 1 saturated heterocycles. The van der Waals surface area contributed by atoms with E-state index in [1.54, 1.807) is 29.4 Å². The van der Waals surface area contributed by atoms with Crippen molar-refractivity contribution in [2.75, 3.05) is 12.4 Å². The molecule has 1 aliphatic heterocycles. The Hall–Kier alpha value is -1.43. The fourth-order valence-corrected chi connectivity index (χ4v) is 4.91. The minimum atomic E-state index is 0.367. The highest BCUT2D eigenvalue weighted by Gasteiger charge is 2.18. The Morgan fingerprint density at radius 2 is 2.13 bits per heavy atom. The summed E-state index contributed by atoms with van der Waals surface area (Å²) in [4.78, 5) is 10.1. The summed E-state index contributed by atoms with van der Waals surface area (Å²) in [6, 6.07) is 8.67. The number of ether oxygens (including phenoxy) is 1. The summed E-state index contributed by atoms with van der Waals surface area (Å²) in [5.74, 6) is 0.968. The molecular weight excluding hydrogens is 324 g/mol. The normalized spacial score (nSPS) is 17.9. The summed E-state index contributed by atoms with van der Waals surface area (Å²) >= 11 is 3.48. The Labute approximate surface area is 144 Å². The average Bonchev–Trinajstić information content (AvgIpc) is 3.23. The highest BCUT2D eigenvalue weighted by atomic mass is 32.2. The molecule has 0 saturated carbocycles. The molecule has 1 atom stereocenters. The van der Waals surface area contributed by atoms with Crippen molar-refractivity contribution in [2.24, 2.45) is 0 Å². The Kier molecular flexibility index (Phi) is 4.33. The van der Waals surface area contributed by atoms with Crippen LogP contribution in [0.2, 0.25) is 0 Å². The minimum Gasteiger partial charge on any atom is -0.377 e. The summed E-state index contributed by atoms with van der Waals surface area (Å²) in [5.41, 5.74) is 3.74. The van der Waals surface area contributed by atoms with Crippen LogP contribution in [-0.2, 0) is 4.74 Å². The van der Waals surface area contributed by atoms with Gasteiger partial charge < -0.3 is 4.74 Å². The zero-order valence-electron chi connectivity index (χ0n) is 13.0. The standard InChI is InChI=1S/C18H18N2OS2/c1-12-4-6-13(7-5-12)15-10-23-18-16(15)17(19-11-20-18)22-9-14-3-2-8-21-14/h4-7,10-11,14H,2-3,8-9H2,1H3/t14-/m0/s1. The molecule has 4 rings (SSSR count). The first-order chi connectivity index (χ1) is 11.3. The molecule has 3 aromatic rings. The first-order valence-corrected chi connectivity index (χ1v) is 9.71. The van der Waals surface area contributed by atoms with Crippen LogP contribution in [0, 0.1) is 6.92 Å². The van der Waals surface area contributed by atoms with Gasteiger partial charge in [0, 0.05) is 23.3 Å². The van der Waals surface area contributed by atoms with E-state index < -0.39 is 0 Å². The maximum atomic E-state index is 5.73. The molecule has 118 valence electrons. The number of nitrogens with zero attached hydrogens (tertiary/aromatic N) is 2. The van der Waals surface area contributed by atoms with Crippen LogP contribution in [0.3, 0.4) is 0 Å². The zero-order valence-corrected chi connectivity index (χ0v) is 14.6. The number of aryl methyl sites for hydroxylation is 1. The fourth-order valence-electron chi connectivity index (χ4n) is 2.85. The maximum absolute atomic E-state index is 5.73. The summed E-state index contributed by atoms with van der Waals surface area (Å²) in [6.45, 7) is 3.01. The third kappa shape index (κ3) is 3.13. The molecule has 0 amide bonds. The van der Waals surface area contributed by atoms with Crippen LogP contribution in [0.5, 0.6) is 0 Å². The van der Waals surface area contributed by atoms with Gasteiger partial charge in [-0.25, -0.2) is 9.97 Å². The van der Waals surface area contributed by atoms with Crippen LogP contribution < -0.4 is 0 Å². The smallest absolute Gasteiger partial charge is 0.128 e. The molecule has 0 aliphatic carbocycles. The molecule has 1 aliphatic rings. The van der Waals surface area contributed by atoms with Crippen molar-refractivity contribution in [1.82, 2.24) is 9.97 Å². The number of rotatable bonds is 4. The third-order valence-corrected chi connectivity index (χ3v) is 6.14. The summed E-state index contributed by atoms with van der Waals surface area (Å²) in [7, 11) is 0. The van der Waals surface area contributed by atoms with Crippen molar-refractivity contribution in [1.29, 1.82) is 0 Å². The molecule has 2 aromatic heterocycles. The Balaban J connectivity index is 1.69. The lowest BCUT2D eigenvalue weighted by atomic mass is 10.1. The Bertz CT molecular complexity index is 808. The lowest BCUT2D eigenvalue weighted by Gasteiger charge is -2.09. The first kappa shape index (κ1) is 15.1. The molecule has 1 fully saturated rings. The predicted molar refractivity (Wildman–Crippen MR) is 97.3 cm³/mol. The predicted octanol–water partition coefficient (Wildman–Crippen LogP) is 4.94. The molecule has 0 bridgehead atoms. The summed E-state index contributed by atoms with van der Waals surface area (Å²) < 4.78 is 5.73. The third-order valence-electron chi connectivity index (χ3n) is 4.13. The van der Waals surface area contributed by atoms with Crippen molar-refractivity contribution >= 4 is 33.3 Å². The lowest BCUT2D eigenvalue weighted by molar-refractivity contribution is 0.129. The summed E-state index contributed by atoms with van der Waals surface area (Å²) in [6.07, 6.45) is 4.38. The van der Waals surface area contributed by atoms with Crippen LogP contribution in [0.25, 0.3) is 21.3 Å². The van der Waals surface area contributed by atoms with Gasteiger partial charge in [0.1, 0.15) is 16.2 Å². The highest BCUT2D eigenvalue weighted by molar-refractivity contribution is 7.99. The number of hydrogen-bond donors (Lipinski definition) is 0. The van der Waals surface area contributed by atoms with Crippen molar-refractivity contribution in [3.63, 3.8) is 0 Å². The zero-order chi connectivity index (χ0) is 15.6. The van der Waals surface area contributed by atoms with Crippen LogP contribution in [-0.4, -0.2) is 28.4 Å². The van der Waals surface area contributed by atoms with E-state index in [0.29, 0.717) is 6.10 Å². The lowest BCUT2D eigenvalue weighted by Crippen LogP contribution is -2.08. The van der Waals surface area contributed by atoms with Crippen molar-refractivity contribution in [2.45, 2.75) is 30.9 Å². The van der Waals surface area contributed by atoms with Gasteiger partial charge in [0.15, 0.2) is 0 Å². The van der Waals surface area contributed by atoms with Crippen LogP contribution in [0.1, 0.15) is 18.4 Å². The number of aromatic nitrogens is 2. The Morgan fingerprint density at radius 1 is 1.26 bits per heavy atom. The van der Waals surface area contributed by atoms with Gasteiger partial charge in [-0.05, 0) is 25.3 Å². The van der Waals surface area contributed by atoms with Gasteiger partial charge in [0.05, 0.1) is 11.5 Å². The molecule has 0 unspecified atom stereocenters. The van der Waals surface area contributed by atoms with Gasteiger partial charge in [-0.15, -0.1) is 23.1 Å². The largest absolute Gasteiger partial charge is 0.377 e. The van der Waals surface area contributed by atoms with Gasteiger partial charge >= 0.3 is 0 Å². The number of fused-ring (bicyclic) bond motifs is 1. The molecule has 5 heteroatoms. The topological polar surface area (TPSA) is 35.0 Å². The molecule has 1 aromatic carbocycles. The second-order valence-electron chi connectivity index (χ2n) is 5.82. The number of thiophene rings is 1. The van der Waals surface area contributed by atoms with E-state index in [9.17, 15) is 0 Å². The molecule has 0 spiro atoms. The van der Waals surface area contributed by atoms with E-state index in [1.165, 1.54) is 28.5 Å². The van der Waals surface area contributed by atoms with E-state index in [-0.39, 0.29) is 0 Å². The number of hydrogen-bond acceptors (Lipinski definition) is 5. The van der Waals surface area contributed by atoms with E-state index >= 15 is 0 Å². The quantitative estimate of drug-likeness (QED) is 0.497. The maximum Gasteiger partial charge on any atom is 0.128 e. The van der Waals surface area contributed by atoms with Crippen LogP contribution in [0.4, 0.5) is 0 Å². The second kappa shape index (κ2) is 6.59. The van der Waals surface area contributed by atoms with Crippen LogP contribution in [0.15, 0.2) is 41.0 Å². The monoisotopic (exact) mass is 342 g/mol. The van der Waals surface area contributed by atoms with Gasteiger partial charge in [0.2, 0.25) is 0 Å². The molecule has 3 heterocycles. The van der Waals surface area contributed by atoms with E-state index in [4.69, 9.17) is 4.74 Å². The minimum absolute atomic E-state index is 0.367. The van der Waals surface area contributed by atoms with Crippen molar-refractivity contribution in [3.05, 3.63) is 41.5 Å². The van der Waals surface area contributed by atoms with Gasteiger partial charge in [0.25, 0.3) is 0 Å². The molecule has 23 heavy (non-hydrogen) atoms. The van der Waals surface area contributed by atoms with Gasteiger partial charge in [-0.1, -0.05) is 29.8 Å². The average molecular weight is 342 g/mol. The molecule has 0 N–H and O–H groups in total. The van der Waals surface area contributed by atoms with E-state index in [2.05, 4.69) is 46.5 Å². The highest BCUT2D eigenvalue weighted by Crippen LogP contribution is 2.38. The van der Waals surface area contributed by atoms with Crippen LogP contribution >= 0.6 is 23.1 Å². The van der Waals surface area contributed by atoms with Crippen molar-refractivity contribution in [3.8, 4) is 11.1 Å². The fraction of sp³-hybridized carbons (Fsp3) is 0.333. The SMILES string of the molecule is Cc1ccc(-c2csc3ncnc(SC[C@@H]4CCCO4)c23)cc1. The Morgan fingerprint density at radius 3 is 2.91 bits per heavy atom. The number of benzene rings is 1. The second-order valence-corrected chi connectivity index (χ2v) is 7.69. The molecular formula is C18H18N2OS2. The molecule has 3 nitrogen and oxygen atoms in total. The first-order valence-electron chi connectivity index (χ1n) is 7.85. The number of thioether (sulfide) groups is 1. The van der Waals surface area contributed by atoms with E-state index in [0.717, 1.165) is 28.6 Å². The summed E-state index contributed by atoms with van der Waals surface area (Å²) in [5, 5.41) is 4.45. The van der Waals surface area contributed by atoms with Crippen molar-refractivity contribution < 1.29 is 4.74 Å².